The molecule has 2 rings (SSSR count). The second-order valence-electron chi connectivity index (χ2n) is 4.61. The summed E-state index contributed by atoms with van der Waals surface area (Å²) < 4.78 is 27.8. The maximum Gasteiger partial charge on any atom is 0.241 e. The van der Waals surface area contributed by atoms with Gasteiger partial charge in [-0.1, -0.05) is 6.07 Å². The van der Waals surface area contributed by atoms with Crippen LogP contribution in [-0.2, 0) is 23.1 Å². The summed E-state index contributed by atoms with van der Waals surface area (Å²) in [5, 5.41) is 9.20. The van der Waals surface area contributed by atoms with Gasteiger partial charge in [-0.3, -0.25) is 0 Å². The summed E-state index contributed by atoms with van der Waals surface area (Å²) in [4.78, 5) is 6.92. The molecule has 0 aliphatic carbocycles. The lowest BCUT2D eigenvalue weighted by atomic mass is 10.1. The van der Waals surface area contributed by atoms with E-state index in [0.29, 0.717) is 16.5 Å². The highest BCUT2D eigenvalue weighted by Crippen LogP contribution is 2.27. The van der Waals surface area contributed by atoms with Crippen molar-refractivity contribution in [3.05, 3.63) is 46.0 Å². The molecule has 0 saturated heterocycles. The number of nitrogens with zero attached hydrogens (tertiary/aromatic N) is 1. The van der Waals surface area contributed by atoms with Crippen molar-refractivity contribution in [2.45, 2.75) is 24.8 Å². The van der Waals surface area contributed by atoms with Crippen molar-refractivity contribution < 1.29 is 13.5 Å². The van der Waals surface area contributed by atoms with Gasteiger partial charge in [0.2, 0.25) is 10.0 Å². The normalized spacial score (nSPS) is 11.8. The number of halogens is 1. The highest BCUT2D eigenvalue weighted by Gasteiger charge is 2.19. The quantitative estimate of drug-likeness (QED) is 0.714. The lowest BCUT2D eigenvalue weighted by Crippen LogP contribution is -2.26. The first-order valence-corrected chi connectivity index (χ1v) is 8.58. The molecule has 0 unspecified atom stereocenters. The van der Waals surface area contributed by atoms with Crippen molar-refractivity contribution in [2.24, 2.45) is 0 Å². The predicted octanol–water partition coefficient (Wildman–Crippen LogP) is 1.49. The Balaban J connectivity index is 2.17. The summed E-state index contributed by atoms with van der Waals surface area (Å²) in [6, 6.07) is 3.21. The zero-order valence-electron chi connectivity index (χ0n) is 11.4. The van der Waals surface area contributed by atoms with Gasteiger partial charge in [0.1, 0.15) is 0 Å². The molecule has 8 heteroatoms. The first kappa shape index (κ1) is 16.2. The lowest BCUT2D eigenvalue weighted by Gasteiger charge is -2.11. The average Bonchev–Trinajstić information content (AvgIpc) is 2.94. The van der Waals surface area contributed by atoms with E-state index in [1.54, 1.807) is 25.5 Å². The maximum atomic E-state index is 12.4. The number of aryl methyl sites for hydroxylation is 1. The van der Waals surface area contributed by atoms with E-state index in [9.17, 15) is 13.5 Å². The number of rotatable bonds is 6. The SMILES string of the molecule is Cc1cc(CO)cc(S(=O)(=O)NCCc2cnc[nH]2)c1Br. The van der Waals surface area contributed by atoms with Gasteiger partial charge in [-0.15, -0.1) is 0 Å². The molecule has 114 valence electrons. The van der Waals surface area contributed by atoms with E-state index in [4.69, 9.17) is 0 Å². The van der Waals surface area contributed by atoms with Gasteiger partial charge >= 0.3 is 0 Å². The van der Waals surface area contributed by atoms with E-state index < -0.39 is 10.0 Å². The van der Waals surface area contributed by atoms with Crippen molar-refractivity contribution in [1.82, 2.24) is 14.7 Å². The Labute approximate surface area is 131 Å². The molecule has 0 bridgehead atoms. The molecule has 0 saturated carbocycles. The molecule has 0 aliphatic rings. The third-order valence-electron chi connectivity index (χ3n) is 2.99. The summed E-state index contributed by atoms with van der Waals surface area (Å²) >= 11 is 3.29. The smallest absolute Gasteiger partial charge is 0.241 e. The van der Waals surface area contributed by atoms with Crippen LogP contribution in [0.3, 0.4) is 0 Å². The Bertz CT molecular complexity index is 715. The predicted molar refractivity (Wildman–Crippen MR) is 82.3 cm³/mol. The number of imidazole rings is 1. The Morgan fingerprint density at radius 1 is 1.43 bits per heavy atom. The molecule has 0 amide bonds. The van der Waals surface area contributed by atoms with Crippen LogP contribution in [0.15, 0.2) is 34.0 Å². The summed E-state index contributed by atoms with van der Waals surface area (Å²) in [7, 11) is -3.64. The number of aromatic nitrogens is 2. The fourth-order valence-electron chi connectivity index (χ4n) is 1.92. The Morgan fingerprint density at radius 2 is 2.19 bits per heavy atom. The largest absolute Gasteiger partial charge is 0.392 e. The molecule has 0 fully saturated rings. The van der Waals surface area contributed by atoms with E-state index in [1.807, 2.05) is 0 Å². The molecule has 3 N–H and O–H groups in total. The minimum absolute atomic E-state index is 0.135. The molecular weight excluding hydrogens is 358 g/mol. The summed E-state index contributed by atoms with van der Waals surface area (Å²) in [6.07, 6.45) is 3.73. The van der Waals surface area contributed by atoms with E-state index in [-0.39, 0.29) is 18.0 Å². The van der Waals surface area contributed by atoms with Crippen LogP contribution in [0.5, 0.6) is 0 Å². The van der Waals surface area contributed by atoms with Crippen LogP contribution in [0.25, 0.3) is 0 Å². The number of hydrogen-bond donors (Lipinski definition) is 3. The van der Waals surface area contributed by atoms with E-state index in [1.165, 1.54) is 6.07 Å². The highest BCUT2D eigenvalue weighted by atomic mass is 79.9. The highest BCUT2D eigenvalue weighted by molar-refractivity contribution is 9.10. The van der Waals surface area contributed by atoms with E-state index >= 15 is 0 Å². The van der Waals surface area contributed by atoms with Crippen LogP contribution in [-0.4, -0.2) is 30.0 Å². The van der Waals surface area contributed by atoms with Gasteiger partial charge in [-0.05, 0) is 40.0 Å². The standard InChI is InChI=1S/C13H16BrN3O3S/c1-9-4-10(7-18)5-12(13(9)14)21(19,20)17-3-2-11-6-15-8-16-11/h4-6,8,17-18H,2-3,7H2,1H3,(H,15,16). The Kier molecular flexibility index (Phi) is 5.15. The van der Waals surface area contributed by atoms with Crippen LogP contribution < -0.4 is 4.72 Å². The van der Waals surface area contributed by atoms with Gasteiger partial charge in [0.05, 0.1) is 17.8 Å². The second-order valence-corrected chi connectivity index (χ2v) is 7.14. The number of benzene rings is 1. The summed E-state index contributed by atoms with van der Waals surface area (Å²) in [5.41, 5.74) is 2.18. The van der Waals surface area contributed by atoms with Crippen molar-refractivity contribution in [1.29, 1.82) is 0 Å². The van der Waals surface area contributed by atoms with Crippen LogP contribution >= 0.6 is 15.9 Å². The van der Waals surface area contributed by atoms with Crippen molar-refractivity contribution in [2.75, 3.05) is 6.54 Å². The third-order valence-corrected chi connectivity index (χ3v) is 5.79. The molecule has 1 aromatic heterocycles. The van der Waals surface area contributed by atoms with Crippen molar-refractivity contribution in [3.8, 4) is 0 Å². The molecule has 2 aromatic rings. The lowest BCUT2D eigenvalue weighted by molar-refractivity contribution is 0.281. The summed E-state index contributed by atoms with van der Waals surface area (Å²) in [5.74, 6) is 0. The van der Waals surface area contributed by atoms with Gasteiger partial charge in [0, 0.05) is 29.3 Å². The molecule has 0 aliphatic heterocycles. The topological polar surface area (TPSA) is 95.1 Å². The maximum absolute atomic E-state index is 12.4. The Morgan fingerprint density at radius 3 is 2.81 bits per heavy atom. The first-order valence-electron chi connectivity index (χ1n) is 6.31. The van der Waals surface area contributed by atoms with Crippen molar-refractivity contribution >= 4 is 26.0 Å². The molecule has 0 radical (unpaired) electrons. The number of nitrogens with one attached hydrogen (secondary N) is 2. The van der Waals surface area contributed by atoms with Crippen LogP contribution in [0.2, 0.25) is 0 Å². The first-order chi connectivity index (χ1) is 9.94. The molecule has 0 spiro atoms. The van der Waals surface area contributed by atoms with Crippen LogP contribution in [0.4, 0.5) is 0 Å². The fourth-order valence-corrected chi connectivity index (χ4v) is 4.01. The minimum Gasteiger partial charge on any atom is -0.392 e. The summed E-state index contributed by atoms with van der Waals surface area (Å²) in [6.45, 7) is 1.84. The van der Waals surface area contributed by atoms with Gasteiger partial charge < -0.3 is 10.1 Å². The molecule has 0 atom stereocenters. The monoisotopic (exact) mass is 373 g/mol. The number of aromatic amines is 1. The minimum atomic E-state index is -3.64. The van der Waals surface area contributed by atoms with Crippen molar-refractivity contribution in [3.63, 3.8) is 0 Å². The zero-order valence-corrected chi connectivity index (χ0v) is 13.8. The Hall–Kier alpha value is -1.22. The second kappa shape index (κ2) is 6.69. The molecule has 1 heterocycles. The zero-order chi connectivity index (χ0) is 15.5. The van der Waals surface area contributed by atoms with Crippen LogP contribution in [0, 0.1) is 6.92 Å². The number of hydrogen-bond acceptors (Lipinski definition) is 4. The fraction of sp³-hybridized carbons (Fsp3) is 0.308. The number of H-pyrrole nitrogens is 1. The van der Waals surface area contributed by atoms with Gasteiger partial charge in [-0.25, -0.2) is 18.1 Å². The van der Waals surface area contributed by atoms with Gasteiger partial charge in [0.25, 0.3) is 0 Å². The number of aliphatic hydroxyl groups is 1. The molecule has 21 heavy (non-hydrogen) atoms. The number of aliphatic hydroxyl groups excluding tert-OH is 1. The molecule has 6 nitrogen and oxygen atoms in total. The van der Waals surface area contributed by atoms with Crippen LogP contribution in [0.1, 0.15) is 16.8 Å². The van der Waals surface area contributed by atoms with E-state index in [2.05, 4.69) is 30.6 Å². The molecule has 1 aromatic carbocycles. The molecular formula is C13H16BrN3O3S. The average molecular weight is 374 g/mol. The van der Waals surface area contributed by atoms with Gasteiger partial charge in [-0.2, -0.15) is 0 Å². The van der Waals surface area contributed by atoms with E-state index in [0.717, 1.165) is 11.3 Å². The third kappa shape index (κ3) is 3.91. The number of sulfonamides is 1. The van der Waals surface area contributed by atoms with Gasteiger partial charge in [0.15, 0.2) is 0 Å².